The molecular formula is C24H29N3O5. The van der Waals surface area contributed by atoms with Crippen molar-refractivity contribution in [2.75, 3.05) is 39.4 Å². The maximum absolute atomic E-state index is 13.1. The number of piperazine rings is 1. The quantitative estimate of drug-likeness (QED) is 0.660. The summed E-state index contributed by atoms with van der Waals surface area (Å²) >= 11 is 0. The molecule has 0 saturated carbocycles. The Kier molecular flexibility index (Phi) is 7.21. The van der Waals surface area contributed by atoms with Crippen molar-refractivity contribution < 1.29 is 23.8 Å². The number of ether oxygens (including phenoxy) is 3. The van der Waals surface area contributed by atoms with Crippen LogP contribution in [0.25, 0.3) is 0 Å². The number of hydrogen-bond acceptors (Lipinski definition) is 6. The van der Waals surface area contributed by atoms with Gasteiger partial charge in [-0.15, -0.1) is 0 Å². The van der Waals surface area contributed by atoms with Crippen LogP contribution in [-0.4, -0.2) is 72.1 Å². The highest BCUT2D eigenvalue weighted by molar-refractivity contribution is 5.95. The second-order valence-electron chi connectivity index (χ2n) is 7.86. The van der Waals surface area contributed by atoms with Gasteiger partial charge in [-0.1, -0.05) is 0 Å². The molecule has 0 bridgehead atoms. The van der Waals surface area contributed by atoms with E-state index < -0.39 is 0 Å². The van der Waals surface area contributed by atoms with Gasteiger partial charge >= 0.3 is 0 Å². The summed E-state index contributed by atoms with van der Waals surface area (Å²) in [4.78, 5) is 33.2. The van der Waals surface area contributed by atoms with Crippen LogP contribution in [0.1, 0.15) is 35.7 Å². The smallest absolute Gasteiger partial charge is 0.254 e. The van der Waals surface area contributed by atoms with E-state index in [1.54, 1.807) is 40.4 Å². The molecule has 0 N–H and O–H groups in total. The number of amides is 2. The molecule has 2 aromatic rings. The zero-order valence-corrected chi connectivity index (χ0v) is 18.4. The normalized spacial score (nSPS) is 18.5. The molecule has 2 amide bonds. The molecule has 2 saturated heterocycles. The Balaban J connectivity index is 1.37. The van der Waals surface area contributed by atoms with Gasteiger partial charge in [0.2, 0.25) is 0 Å². The fourth-order valence-corrected chi connectivity index (χ4v) is 3.96. The lowest BCUT2D eigenvalue weighted by atomic mass is 10.1. The van der Waals surface area contributed by atoms with E-state index in [2.05, 4.69) is 4.98 Å². The van der Waals surface area contributed by atoms with Gasteiger partial charge in [-0.2, -0.15) is 0 Å². The summed E-state index contributed by atoms with van der Waals surface area (Å²) in [5.41, 5.74) is 1.54. The van der Waals surface area contributed by atoms with Crippen molar-refractivity contribution in [2.24, 2.45) is 0 Å². The Morgan fingerprint density at radius 3 is 2.47 bits per heavy atom. The Morgan fingerprint density at radius 1 is 1.03 bits per heavy atom. The predicted octanol–water partition coefficient (Wildman–Crippen LogP) is 2.52. The van der Waals surface area contributed by atoms with Crippen LogP contribution in [0.5, 0.6) is 11.5 Å². The van der Waals surface area contributed by atoms with Crippen LogP contribution in [0.4, 0.5) is 0 Å². The molecule has 1 unspecified atom stereocenters. The number of benzene rings is 1. The second-order valence-corrected chi connectivity index (χ2v) is 7.86. The maximum Gasteiger partial charge on any atom is 0.254 e. The zero-order valence-electron chi connectivity index (χ0n) is 18.4. The van der Waals surface area contributed by atoms with Crippen LogP contribution in [0, 0.1) is 0 Å². The molecule has 8 nitrogen and oxygen atoms in total. The topological polar surface area (TPSA) is 81.2 Å². The summed E-state index contributed by atoms with van der Waals surface area (Å²) in [7, 11) is 0. The fourth-order valence-electron chi connectivity index (χ4n) is 3.96. The van der Waals surface area contributed by atoms with Crippen molar-refractivity contribution in [1.82, 2.24) is 14.8 Å². The lowest BCUT2D eigenvalue weighted by Gasteiger charge is -2.35. The van der Waals surface area contributed by atoms with E-state index in [-0.39, 0.29) is 17.9 Å². The maximum atomic E-state index is 13.1. The van der Waals surface area contributed by atoms with Crippen LogP contribution in [0.3, 0.4) is 0 Å². The van der Waals surface area contributed by atoms with Crippen LogP contribution < -0.4 is 9.47 Å². The monoisotopic (exact) mass is 439 g/mol. The molecule has 170 valence electrons. The first kappa shape index (κ1) is 22.1. The lowest BCUT2D eigenvalue weighted by molar-refractivity contribution is -0.142. The minimum Gasteiger partial charge on any atom is -0.490 e. The summed E-state index contributed by atoms with van der Waals surface area (Å²) in [6.45, 7) is 5.45. The number of hydrogen-bond donors (Lipinski definition) is 0. The molecule has 4 rings (SSSR count). The molecule has 8 heteroatoms. The molecule has 3 heterocycles. The van der Waals surface area contributed by atoms with Crippen LogP contribution in [0.15, 0.2) is 42.7 Å². The van der Waals surface area contributed by atoms with Gasteiger partial charge in [-0.05, 0) is 55.7 Å². The largest absolute Gasteiger partial charge is 0.490 e. The van der Waals surface area contributed by atoms with E-state index in [1.165, 1.54) is 0 Å². The van der Waals surface area contributed by atoms with Crippen LogP contribution >= 0.6 is 0 Å². The Bertz CT molecular complexity index is 922. The first-order valence-corrected chi connectivity index (χ1v) is 11.1. The van der Waals surface area contributed by atoms with Gasteiger partial charge in [0.05, 0.1) is 6.61 Å². The van der Waals surface area contributed by atoms with E-state index in [9.17, 15) is 9.59 Å². The van der Waals surface area contributed by atoms with Crippen LogP contribution in [0.2, 0.25) is 0 Å². The van der Waals surface area contributed by atoms with E-state index in [0.717, 1.165) is 18.4 Å². The van der Waals surface area contributed by atoms with Crippen molar-refractivity contribution in [3.8, 4) is 11.5 Å². The van der Waals surface area contributed by atoms with E-state index in [1.807, 2.05) is 19.1 Å². The van der Waals surface area contributed by atoms with Gasteiger partial charge in [0.15, 0.2) is 11.5 Å². The minimum absolute atomic E-state index is 0.0453. The molecule has 0 spiro atoms. The van der Waals surface area contributed by atoms with E-state index >= 15 is 0 Å². The molecule has 0 aliphatic carbocycles. The van der Waals surface area contributed by atoms with E-state index in [4.69, 9.17) is 14.2 Å². The van der Waals surface area contributed by atoms with Crippen molar-refractivity contribution >= 4 is 11.8 Å². The number of aromatic nitrogens is 1. The Hall–Kier alpha value is -3.13. The van der Waals surface area contributed by atoms with Crippen molar-refractivity contribution in [3.63, 3.8) is 0 Å². The third kappa shape index (κ3) is 5.19. The Labute approximate surface area is 188 Å². The molecular weight excluding hydrogens is 410 g/mol. The lowest BCUT2D eigenvalue weighted by Crippen LogP contribution is -2.52. The molecule has 32 heavy (non-hydrogen) atoms. The number of carbonyl (C=O) groups excluding carboxylic acids is 2. The molecule has 1 aromatic heterocycles. The predicted molar refractivity (Wildman–Crippen MR) is 118 cm³/mol. The minimum atomic E-state index is -0.314. The van der Waals surface area contributed by atoms with Gasteiger partial charge in [0.25, 0.3) is 11.8 Å². The molecule has 0 radical (unpaired) electrons. The average Bonchev–Trinajstić information content (AvgIpc) is 3.38. The molecule has 1 atom stereocenters. The molecule has 2 aliphatic heterocycles. The summed E-state index contributed by atoms with van der Waals surface area (Å²) in [6.07, 6.45) is 4.84. The van der Waals surface area contributed by atoms with Crippen LogP contribution in [-0.2, 0) is 16.1 Å². The molecule has 2 fully saturated rings. The summed E-state index contributed by atoms with van der Waals surface area (Å²) in [5.74, 6) is 1.10. The summed E-state index contributed by atoms with van der Waals surface area (Å²) in [5, 5.41) is 0. The highest BCUT2D eigenvalue weighted by Crippen LogP contribution is 2.30. The number of rotatable bonds is 7. The SMILES string of the molecule is CCOc1cc(C(=O)N2CCN(C(=O)C3CCCO3)CC2)ccc1OCc1ccncc1. The Morgan fingerprint density at radius 2 is 1.78 bits per heavy atom. The number of nitrogens with zero attached hydrogens (tertiary/aromatic N) is 3. The fraction of sp³-hybridized carbons (Fsp3) is 0.458. The van der Waals surface area contributed by atoms with Crippen molar-refractivity contribution in [2.45, 2.75) is 32.5 Å². The highest BCUT2D eigenvalue weighted by Gasteiger charge is 2.31. The second kappa shape index (κ2) is 10.5. The standard InChI is InChI=1S/C24H29N3O5/c1-2-30-22-16-19(5-6-20(22)32-17-18-7-9-25-10-8-18)23(28)26-11-13-27(14-12-26)24(29)21-4-3-15-31-21/h5-10,16,21H,2-4,11-15,17H2,1H3. The third-order valence-electron chi connectivity index (χ3n) is 5.72. The summed E-state index contributed by atoms with van der Waals surface area (Å²) in [6, 6.07) is 9.05. The van der Waals surface area contributed by atoms with Gasteiger partial charge in [-0.3, -0.25) is 14.6 Å². The van der Waals surface area contributed by atoms with Crippen molar-refractivity contribution in [1.29, 1.82) is 0 Å². The van der Waals surface area contributed by atoms with Gasteiger partial charge in [0.1, 0.15) is 12.7 Å². The van der Waals surface area contributed by atoms with E-state index in [0.29, 0.717) is 63.1 Å². The highest BCUT2D eigenvalue weighted by atomic mass is 16.5. The van der Waals surface area contributed by atoms with Gasteiger partial charge in [-0.25, -0.2) is 0 Å². The number of carbonyl (C=O) groups is 2. The van der Waals surface area contributed by atoms with Gasteiger partial charge in [0, 0.05) is 50.7 Å². The first-order chi connectivity index (χ1) is 15.7. The zero-order chi connectivity index (χ0) is 22.3. The number of pyridine rings is 1. The summed E-state index contributed by atoms with van der Waals surface area (Å²) < 4.78 is 17.2. The molecule has 2 aliphatic rings. The van der Waals surface area contributed by atoms with Crippen molar-refractivity contribution in [3.05, 3.63) is 53.9 Å². The molecule has 1 aromatic carbocycles. The third-order valence-corrected chi connectivity index (χ3v) is 5.72. The average molecular weight is 440 g/mol. The van der Waals surface area contributed by atoms with Gasteiger partial charge < -0.3 is 24.0 Å². The first-order valence-electron chi connectivity index (χ1n) is 11.1.